The first-order chi connectivity index (χ1) is 7.61. The van der Waals surface area contributed by atoms with E-state index in [1.165, 1.54) is 19.4 Å². The molecule has 1 aliphatic heterocycles. The van der Waals surface area contributed by atoms with Gasteiger partial charge in [-0.1, -0.05) is 6.92 Å². The lowest BCUT2D eigenvalue weighted by atomic mass is 10.0. The summed E-state index contributed by atoms with van der Waals surface area (Å²) in [6.07, 6.45) is 4.55. The lowest BCUT2D eigenvalue weighted by molar-refractivity contribution is -0.0683. The fraction of sp³-hybridized carbons (Fsp3) is 1.00. The molecule has 0 amide bonds. The van der Waals surface area contributed by atoms with Crippen LogP contribution in [0.5, 0.6) is 0 Å². The Bertz CT molecular complexity index is 177. The summed E-state index contributed by atoms with van der Waals surface area (Å²) in [5.41, 5.74) is 5.55. The van der Waals surface area contributed by atoms with Crippen LogP contribution in [0.1, 0.15) is 40.0 Å². The summed E-state index contributed by atoms with van der Waals surface area (Å²) in [5.74, 6) is 0.779. The molecule has 0 bridgehead atoms. The predicted octanol–water partition coefficient (Wildman–Crippen LogP) is 1.86. The number of hydrogen-bond donors (Lipinski definition) is 1. The molecule has 0 radical (unpaired) electrons. The van der Waals surface area contributed by atoms with Crippen molar-refractivity contribution in [3.05, 3.63) is 0 Å². The second kappa shape index (κ2) is 7.25. The molecule has 0 aromatic rings. The fourth-order valence-corrected chi connectivity index (χ4v) is 2.56. The van der Waals surface area contributed by atoms with Crippen molar-refractivity contribution in [1.29, 1.82) is 0 Å². The van der Waals surface area contributed by atoms with E-state index in [1.54, 1.807) is 0 Å². The first-order valence-corrected chi connectivity index (χ1v) is 6.69. The fourth-order valence-electron chi connectivity index (χ4n) is 2.56. The molecular formula is C13H28N2O. The van der Waals surface area contributed by atoms with Crippen molar-refractivity contribution in [3.63, 3.8) is 0 Å². The maximum absolute atomic E-state index is 5.72. The van der Waals surface area contributed by atoms with Gasteiger partial charge in [-0.05, 0) is 52.1 Å². The summed E-state index contributed by atoms with van der Waals surface area (Å²) in [6.45, 7) is 10.9. The molecular weight excluding hydrogens is 200 g/mol. The molecule has 3 nitrogen and oxygen atoms in total. The lowest BCUT2D eigenvalue weighted by Crippen LogP contribution is -2.45. The zero-order valence-corrected chi connectivity index (χ0v) is 11.1. The third-order valence-corrected chi connectivity index (χ3v) is 3.33. The summed E-state index contributed by atoms with van der Waals surface area (Å²) in [4.78, 5) is 2.54. The molecule has 3 heteroatoms. The van der Waals surface area contributed by atoms with Gasteiger partial charge in [-0.25, -0.2) is 0 Å². The normalized spacial score (nSPS) is 29.2. The van der Waals surface area contributed by atoms with E-state index in [0.29, 0.717) is 12.2 Å². The van der Waals surface area contributed by atoms with Gasteiger partial charge in [0, 0.05) is 13.1 Å². The number of hydrogen-bond acceptors (Lipinski definition) is 3. The molecule has 0 saturated carbocycles. The van der Waals surface area contributed by atoms with Gasteiger partial charge in [0.05, 0.1) is 12.2 Å². The number of ether oxygens (including phenoxy) is 1. The molecule has 0 spiro atoms. The van der Waals surface area contributed by atoms with Crippen LogP contribution in [0.4, 0.5) is 0 Å². The zero-order valence-electron chi connectivity index (χ0n) is 11.1. The van der Waals surface area contributed by atoms with E-state index in [1.807, 2.05) is 0 Å². The summed E-state index contributed by atoms with van der Waals surface area (Å²) >= 11 is 0. The highest BCUT2D eigenvalue weighted by Gasteiger charge is 2.21. The molecule has 0 aliphatic carbocycles. The van der Waals surface area contributed by atoms with E-state index in [9.17, 15) is 0 Å². The Labute approximate surface area is 100 Å². The molecule has 1 unspecified atom stereocenters. The smallest absolute Gasteiger partial charge is 0.0678 e. The van der Waals surface area contributed by atoms with Crippen molar-refractivity contribution in [2.24, 2.45) is 11.7 Å². The van der Waals surface area contributed by atoms with Gasteiger partial charge in [-0.15, -0.1) is 0 Å². The molecule has 0 aromatic carbocycles. The number of morpholine rings is 1. The van der Waals surface area contributed by atoms with Gasteiger partial charge in [0.1, 0.15) is 0 Å². The predicted molar refractivity (Wildman–Crippen MR) is 68.5 cm³/mol. The highest BCUT2D eigenvalue weighted by atomic mass is 16.5. The van der Waals surface area contributed by atoms with Crippen molar-refractivity contribution >= 4 is 0 Å². The quantitative estimate of drug-likeness (QED) is 0.754. The van der Waals surface area contributed by atoms with Gasteiger partial charge in [0.15, 0.2) is 0 Å². The van der Waals surface area contributed by atoms with Crippen LogP contribution in [0, 0.1) is 5.92 Å². The molecule has 1 fully saturated rings. The molecule has 2 N–H and O–H groups in total. The standard InChI is InChI=1S/C13H28N2O/c1-11(6-7-14)5-4-8-15-9-12(2)16-13(3)10-15/h11-13H,4-10,14H2,1-3H3/t11?,12-,13+. The SMILES string of the molecule is CC(CCN)CCCN1C[C@@H](C)O[C@@H](C)C1. The highest BCUT2D eigenvalue weighted by molar-refractivity contribution is 4.73. The van der Waals surface area contributed by atoms with Crippen molar-refractivity contribution < 1.29 is 4.74 Å². The minimum atomic E-state index is 0.394. The average molecular weight is 228 g/mol. The maximum atomic E-state index is 5.72. The number of nitrogens with two attached hydrogens (primary N) is 1. The van der Waals surface area contributed by atoms with Crippen molar-refractivity contribution in [2.45, 2.75) is 52.2 Å². The molecule has 1 rings (SSSR count). The molecule has 1 heterocycles. The Balaban J connectivity index is 2.12. The van der Waals surface area contributed by atoms with Gasteiger partial charge in [-0.2, -0.15) is 0 Å². The van der Waals surface area contributed by atoms with E-state index in [4.69, 9.17) is 10.5 Å². The maximum Gasteiger partial charge on any atom is 0.0678 e. The molecule has 1 saturated heterocycles. The van der Waals surface area contributed by atoms with Crippen molar-refractivity contribution in [2.75, 3.05) is 26.2 Å². The van der Waals surface area contributed by atoms with E-state index < -0.39 is 0 Å². The monoisotopic (exact) mass is 228 g/mol. The minimum absolute atomic E-state index is 0.394. The van der Waals surface area contributed by atoms with Crippen molar-refractivity contribution in [3.8, 4) is 0 Å². The largest absolute Gasteiger partial charge is 0.373 e. The van der Waals surface area contributed by atoms with Crippen LogP contribution in [0.15, 0.2) is 0 Å². The first-order valence-electron chi connectivity index (χ1n) is 6.69. The van der Waals surface area contributed by atoms with E-state index >= 15 is 0 Å². The summed E-state index contributed by atoms with van der Waals surface area (Å²) in [5, 5.41) is 0. The van der Waals surface area contributed by atoms with E-state index in [-0.39, 0.29) is 0 Å². The van der Waals surface area contributed by atoms with E-state index in [0.717, 1.165) is 32.0 Å². The number of rotatable bonds is 6. The van der Waals surface area contributed by atoms with Crippen LogP contribution in [-0.2, 0) is 4.74 Å². The Morgan fingerprint density at radius 3 is 2.44 bits per heavy atom. The van der Waals surface area contributed by atoms with Crippen molar-refractivity contribution in [1.82, 2.24) is 4.90 Å². The Morgan fingerprint density at radius 1 is 1.25 bits per heavy atom. The van der Waals surface area contributed by atoms with E-state index in [2.05, 4.69) is 25.7 Å². The third kappa shape index (κ3) is 5.28. The van der Waals surface area contributed by atoms with Gasteiger partial charge in [-0.3, -0.25) is 4.90 Å². The molecule has 3 atom stereocenters. The molecule has 0 aromatic heterocycles. The summed E-state index contributed by atoms with van der Waals surface area (Å²) < 4.78 is 5.72. The third-order valence-electron chi connectivity index (χ3n) is 3.33. The summed E-state index contributed by atoms with van der Waals surface area (Å²) in [6, 6.07) is 0. The lowest BCUT2D eigenvalue weighted by Gasteiger charge is -2.35. The van der Waals surface area contributed by atoms with Crippen LogP contribution in [-0.4, -0.2) is 43.3 Å². The first kappa shape index (κ1) is 13.9. The average Bonchev–Trinajstić information content (AvgIpc) is 2.16. The highest BCUT2D eigenvalue weighted by Crippen LogP contribution is 2.14. The Kier molecular flexibility index (Phi) is 6.32. The Hall–Kier alpha value is -0.120. The molecule has 16 heavy (non-hydrogen) atoms. The van der Waals surface area contributed by atoms with Crippen LogP contribution in [0.3, 0.4) is 0 Å². The van der Waals surface area contributed by atoms with Crippen LogP contribution in [0.2, 0.25) is 0 Å². The van der Waals surface area contributed by atoms with Gasteiger partial charge in [0.25, 0.3) is 0 Å². The second-order valence-electron chi connectivity index (χ2n) is 5.34. The second-order valence-corrected chi connectivity index (χ2v) is 5.34. The van der Waals surface area contributed by atoms with Crippen LogP contribution in [0.25, 0.3) is 0 Å². The van der Waals surface area contributed by atoms with Crippen LogP contribution >= 0.6 is 0 Å². The van der Waals surface area contributed by atoms with Gasteiger partial charge in [0.2, 0.25) is 0 Å². The van der Waals surface area contributed by atoms with Crippen LogP contribution < -0.4 is 5.73 Å². The Morgan fingerprint density at radius 2 is 1.88 bits per heavy atom. The zero-order chi connectivity index (χ0) is 12.0. The van der Waals surface area contributed by atoms with Gasteiger partial charge < -0.3 is 10.5 Å². The number of nitrogens with zero attached hydrogens (tertiary/aromatic N) is 1. The molecule has 96 valence electrons. The molecule has 1 aliphatic rings. The minimum Gasteiger partial charge on any atom is -0.373 e. The summed E-state index contributed by atoms with van der Waals surface area (Å²) in [7, 11) is 0. The van der Waals surface area contributed by atoms with Gasteiger partial charge >= 0.3 is 0 Å². The topological polar surface area (TPSA) is 38.5 Å².